The molecule has 73 heavy (non-hydrogen) atoms. The molecule has 3 atom stereocenters. The molecule has 0 rings (SSSR count). The summed E-state index contributed by atoms with van der Waals surface area (Å²) in [5.41, 5.74) is 0. The number of carbonyl (C=O) groups excluding carboxylic acids is 1. The highest BCUT2D eigenvalue weighted by molar-refractivity contribution is 7.47. The molecule has 0 saturated carbocycles. The number of phosphoric acid groups is 1. The maximum Gasteiger partial charge on any atom is 0.472 e. The number of aliphatic hydroxyl groups is 2. The van der Waals surface area contributed by atoms with Crippen molar-refractivity contribution in [2.75, 3.05) is 33.0 Å². The van der Waals surface area contributed by atoms with Gasteiger partial charge in [-0.05, 0) is 12.8 Å². The second kappa shape index (κ2) is 60.7. The molecule has 0 aromatic heterocycles. The van der Waals surface area contributed by atoms with Crippen LogP contribution in [0.1, 0.15) is 354 Å². The molecule has 0 aliphatic carbocycles. The molecular formula is C63H127O9P. The van der Waals surface area contributed by atoms with Gasteiger partial charge in [-0.3, -0.25) is 13.8 Å². The minimum atomic E-state index is -4.52. The normalized spacial score (nSPS) is 13.4. The molecule has 0 fully saturated rings. The summed E-state index contributed by atoms with van der Waals surface area (Å²) in [5, 5.41) is 18.5. The van der Waals surface area contributed by atoms with E-state index in [1.54, 1.807) is 0 Å². The first-order chi connectivity index (χ1) is 35.8. The van der Waals surface area contributed by atoms with Gasteiger partial charge in [0, 0.05) is 13.0 Å². The van der Waals surface area contributed by atoms with Gasteiger partial charge in [0.05, 0.1) is 26.4 Å². The zero-order valence-corrected chi connectivity index (χ0v) is 49.8. The van der Waals surface area contributed by atoms with Gasteiger partial charge in [0.1, 0.15) is 12.2 Å². The van der Waals surface area contributed by atoms with E-state index >= 15 is 0 Å². The van der Waals surface area contributed by atoms with Crippen LogP contribution in [-0.2, 0) is 27.9 Å². The van der Waals surface area contributed by atoms with E-state index in [-0.39, 0.29) is 25.6 Å². The molecule has 0 aromatic rings. The topological polar surface area (TPSA) is 132 Å². The van der Waals surface area contributed by atoms with Crippen molar-refractivity contribution in [3.05, 3.63) is 0 Å². The Morgan fingerprint density at radius 3 is 0.890 bits per heavy atom. The number of hydrogen-bond donors (Lipinski definition) is 3. The van der Waals surface area contributed by atoms with Crippen molar-refractivity contribution in [3.63, 3.8) is 0 Å². The Bertz CT molecular complexity index is 1110. The number of aliphatic hydroxyl groups excluding tert-OH is 2. The standard InChI is InChI=1S/C63H127O9P/c1-3-5-7-9-11-13-15-17-19-21-23-25-26-27-28-29-30-31-32-33-34-35-36-37-39-41-43-45-47-49-51-53-55-63(66)72-62(60-71-73(67,68)70-58-61(65)57-64)59-69-56-54-52-50-48-46-44-42-40-38-24-22-20-18-16-14-12-10-8-6-4-2/h61-62,64-65H,3-60H2,1-2H3,(H,67,68)/t61-,62+/m0/s1. The summed E-state index contributed by atoms with van der Waals surface area (Å²) in [4.78, 5) is 22.8. The lowest BCUT2D eigenvalue weighted by atomic mass is 10.0. The van der Waals surface area contributed by atoms with Gasteiger partial charge in [-0.2, -0.15) is 0 Å². The van der Waals surface area contributed by atoms with Gasteiger partial charge in [-0.1, -0.05) is 335 Å². The summed E-state index contributed by atoms with van der Waals surface area (Å²) in [6, 6.07) is 0. The highest BCUT2D eigenvalue weighted by Gasteiger charge is 2.26. The third-order valence-corrected chi connectivity index (χ3v) is 16.0. The molecule has 0 amide bonds. The minimum absolute atomic E-state index is 0.0593. The molecular weight excluding hydrogens is 932 g/mol. The number of ether oxygens (including phenoxy) is 2. The van der Waals surface area contributed by atoms with Gasteiger partial charge in [0.15, 0.2) is 0 Å². The van der Waals surface area contributed by atoms with E-state index in [0.29, 0.717) is 6.61 Å². The molecule has 0 spiro atoms. The lowest BCUT2D eigenvalue weighted by Gasteiger charge is -2.20. The second-order valence-electron chi connectivity index (χ2n) is 22.5. The minimum Gasteiger partial charge on any atom is -0.457 e. The monoisotopic (exact) mass is 1060 g/mol. The number of esters is 1. The second-order valence-corrected chi connectivity index (χ2v) is 24.0. The van der Waals surface area contributed by atoms with Crippen molar-refractivity contribution in [2.45, 2.75) is 366 Å². The molecule has 9 nitrogen and oxygen atoms in total. The van der Waals surface area contributed by atoms with Crippen LogP contribution in [0, 0.1) is 0 Å². The van der Waals surface area contributed by atoms with E-state index in [4.69, 9.17) is 23.6 Å². The first-order valence-electron chi connectivity index (χ1n) is 32.5. The van der Waals surface area contributed by atoms with E-state index in [1.807, 2.05) is 0 Å². The van der Waals surface area contributed by atoms with E-state index in [2.05, 4.69) is 13.8 Å². The highest BCUT2D eigenvalue weighted by Crippen LogP contribution is 2.43. The van der Waals surface area contributed by atoms with Crippen LogP contribution in [0.5, 0.6) is 0 Å². The molecule has 10 heteroatoms. The molecule has 0 aliphatic heterocycles. The third-order valence-electron chi connectivity index (χ3n) is 15.0. The van der Waals surface area contributed by atoms with Crippen LogP contribution in [0.15, 0.2) is 0 Å². The fraction of sp³-hybridized carbons (Fsp3) is 0.984. The summed E-state index contributed by atoms with van der Waals surface area (Å²) in [5.74, 6) is -0.369. The van der Waals surface area contributed by atoms with E-state index in [0.717, 1.165) is 32.1 Å². The number of rotatable bonds is 64. The van der Waals surface area contributed by atoms with Crippen molar-refractivity contribution in [1.82, 2.24) is 0 Å². The zero-order valence-electron chi connectivity index (χ0n) is 48.9. The number of carbonyl (C=O) groups is 1. The fourth-order valence-electron chi connectivity index (χ4n) is 10.1. The smallest absolute Gasteiger partial charge is 0.457 e. The van der Waals surface area contributed by atoms with Crippen molar-refractivity contribution in [2.24, 2.45) is 0 Å². The van der Waals surface area contributed by atoms with Crippen LogP contribution in [0.25, 0.3) is 0 Å². The molecule has 3 N–H and O–H groups in total. The lowest BCUT2D eigenvalue weighted by Crippen LogP contribution is -2.29. The van der Waals surface area contributed by atoms with Gasteiger partial charge < -0.3 is 24.6 Å². The van der Waals surface area contributed by atoms with Crippen LogP contribution in [0.2, 0.25) is 0 Å². The van der Waals surface area contributed by atoms with Crippen LogP contribution in [0.4, 0.5) is 0 Å². The molecule has 0 heterocycles. The van der Waals surface area contributed by atoms with Crippen LogP contribution in [0.3, 0.4) is 0 Å². The molecule has 0 aliphatic rings. The Hall–Kier alpha value is -0.540. The highest BCUT2D eigenvalue weighted by atomic mass is 31.2. The molecule has 1 unspecified atom stereocenters. The maximum atomic E-state index is 12.8. The molecule has 0 saturated heterocycles. The van der Waals surface area contributed by atoms with Crippen LogP contribution in [-0.4, -0.2) is 66.3 Å². The van der Waals surface area contributed by atoms with E-state index in [1.165, 1.54) is 302 Å². The van der Waals surface area contributed by atoms with Crippen molar-refractivity contribution in [3.8, 4) is 0 Å². The lowest BCUT2D eigenvalue weighted by molar-refractivity contribution is -0.154. The first-order valence-corrected chi connectivity index (χ1v) is 34.0. The average molecular weight is 1060 g/mol. The quantitative estimate of drug-likeness (QED) is 0.0309. The Labute approximate surface area is 454 Å². The molecule has 438 valence electrons. The van der Waals surface area contributed by atoms with Gasteiger partial charge in [0.25, 0.3) is 0 Å². The van der Waals surface area contributed by atoms with Crippen LogP contribution >= 0.6 is 7.82 Å². The number of unbranched alkanes of at least 4 members (excludes halogenated alkanes) is 50. The predicted molar refractivity (Wildman–Crippen MR) is 312 cm³/mol. The number of hydrogen-bond acceptors (Lipinski definition) is 8. The number of phosphoric ester groups is 1. The Balaban J connectivity index is 3.83. The predicted octanol–water partition coefficient (Wildman–Crippen LogP) is 20.1. The Kier molecular flexibility index (Phi) is 60.2. The summed E-state index contributed by atoms with van der Waals surface area (Å²) < 4.78 is 33.7. The van der Waals surface area contributed by atoms with E-state index < -0.39 is 33.2 Å². The SMILES string of the molecule is CCCCCCCCCCCCCCCCCCCCCCCCCCCCCCCCCCC(=O)O[C@H](COCCCCCCCCCCCCCCCCCCCCCC)COP(=O)(O)OC[C@@H](O)CO. The van der Waals surface area contributed by atoms with Gasteiger partial charge in [-0.15, -0.1) is 0 Å². The van der Waals surface area contributed by atoms with Crippen molar-refractivity contribution in [1.29, 1.82) is 0 Å². The Morgan fingerprint density at radius 1 is 0.370 bits per heavy atom. The van der Waals surface area contributed by atoms with Gasteiger partial charge in [-0.25, -0.2) is 4.57 Å². The average Bonchev–Trinajstić information content (AvgIpc) is 3.38. The summed E-state index contributed by atoms with van der Waals surface area (Å²) in [6.07, 6.45) is 68.4. The van der Waals surface area contributed by atoms with Gasteiger partial charge in [0.2, 0.25) is 0 Å². The van der Waals surface area contributed by atoms with Gasteiger partial charge >= 0.3 is 13.8 Å². The van der Waals surface area contributed by atoms with E-state index in [9.17, 15) is 19.4 Å². The molecule has 0 aromatic carbocycles. The molecule has 0 bridgehead atoms. The largest absolute Gasteiger partial charge is 0.472 e. The van der Waals surface area contributed by atoms with Crippen LogP contribution < -0.4 is 0 Å². The Morgan fingerprint density at radius 2 is 0.616 bits per heavy atom. The summed E-state index contributed by atoms with van der Waals surface area (Å²) >= 11 is 0. The maximum absolute atomic E-state index is 12.8. The van der Waals surface area contributed by atoms with Crippen molar-refractivity contribution < 1.29 is 43.0 Å². The third kappa shape index (κ3) is 60.5. The summed E-state index contributed by atoms with van der Waals surface area (Å²) in [7, 11) is -4.52. The fourth-order valence-corrected chi connectivity index (χ4v) is 10.9. The molecule has 0 radical (unpaired) electrons. The zero-order chi connectivity index (χ0) is 53.1. The first kappa shape index (κ1) is 72.5. The summed E-state index contributed by atoms with van der Waals surface area (Å²) in [6.45, 7) is 3.63. The van der Waals surface area contributed by atoms with Crippen molar-refractivity contribution >= 4 is 13.8 Å².